The summed E-state index contributed by atoms with van der Waals surface area (Å²) in [5, 5.41) is 2.65. The molecule has 1 N–H and O–H groups in total. The van der Waals surface area contributed by atoms with Crippen molar-refractivity contribution in [3.05, 3.63) is 35.5 Å². The Bertz CT molecular complexity index is 890. The zero-order chi connectivity index (χ0) is 16.6. The molecule has 1 amide bonds. The van der Waals surface area contributed by atoms with Crippen LogP contribution in [-0.2, 0) is 14.9 Å². The van der Waals surface area contributed by atoms with Crippen LogP contribution in [0.1, 0.15) is 5.56 Å². The first kappa shape index (κ1) is 18.0. The molecule has 0 bridgehead atoms. The fraction of sp³-hybridized carbons (Fsp3) is 0.214. The maximum atomic E-state index is 11.7. The van der Waals surface area contributed by atoms with Crippen LogP contribution in [0.5, 0.6) is 11.5 Å². The van der Waals surface area contributed by atoms with E-state index in [1.807, 2.05) is 0 Å². The van der Waals surface area contributed by atoms with E-state index >= 15 is 0 Å². The summed E-state index contributed by atoms with van der Waals surface area (Å²) in [7, 11) is -2.20. The van der Waals surface area contributed by atoms with Crippen LogP contribution in [0.3, 0.4) is 0 Å². The van der Waals surface area contributed by atoms with Crippen LogP contribution in [0.4, 0.5) is 0 Å². The summed E-state index contributed by atoms with van der Waals surface area (Å²) in [6.07, 6.45) is 2.72. The van der Waals surface area contributed by atoms with Gasteiger partial charge >= 0.3 is 10.1 Å². The van der Waals surface area contributed by atoms with E-state index in [4.69, 9.17) is 8.92 Å². The van der Waals surface area contributed by atoms with Gasteiger partial charge in [-0.05, 0) is 18.2 Å². The molecule has 2 aliphatic rings. The van der Waals surface area contributed by atoms with Gasteiger partial charge in [-0.3, -0.25) is 4.79 Å². The molecule has 0 fully saturated rings. The Hall–Kier alpha value is -2.39. The predicted octanol–water partition coefficient (Wildman–Crippen LogP) is 0.670. The Morgan fingerprint density at radius 2 is 2.00 bits per heavy atom. The van der Waals surface area contributed by atoms with Crippen molar-refractivity contribution in [2.24, 2.45) is 9.98 Å². The van der Waals surface area contributed by atoms with Gasteiger partial charge in [0.1, 0.15) is 11.5 Å². The van der Waals surface area contributed by atoms with Crippen molar-refractivity contribution in [3.63, 3.8) is 0 Å². The lowest BCUT2D eigenvalue weighted by molar-refractivity contribution is -0.114. The molecule has 0 atom stereocenters. The Labute approximate surface area is 144 Å². The number of carbonyl (C=O) groups is 1. The minimum absolute atomic E-state index is 0. The Balaban J connectivity index is 0.00000208. The molecule has 0 saturated carbocycles. The highest BCUT2D eigenvalue weighted by Gasteiger charge is 2.27. The summed E-state index contributed by atoms with van der Waals surface area (Å²) in [6, 6.07) is 4.48. The standard InChI is InChI=1S/C14H13N3O5S.ClH/c1-21-11-7-8(22-23(2,19)20)3-4-9(11)13-16-10-5-6-15-14(18)12(10)17-13;/h3-5,7H,6H2,1-2H3,(H,15,18);1H. The molecule has 2 heterocycles. The molecule has 0 aliphatic carbocycles. The average Bonchev–Trinajstić information content (AvgIpc) is 2.90. The van der Waals surface area contributed by atoms with E-state index in [0.717, 1.165) is 6.26 Å². The van der Waals surface area contributed by atoms with Gasteiger partial charge in [0, 0.05) is 12.6 Å². The minimum Gasteiger partial charge on any atom is -0.496 e. The number of benzene rings is 1. The fourth-order valence-corrected chi connectivity index (χ4v) is 2.65. The number of halogens is 1. The lowest BCUT2D eigenvalue weighted by atomic mass is 10.1. The number of methoxy groups -OCH3 is 1. The monoisotopic (exact) mass is 371 g/mol. The number of hydrogen-bond donors (Lipinski definition) is 1. The van der Waals surface area contributed by atoms with Gasteiger partial charge in [0.05, 0.1) is 24.6 Å². The number of amides is 1. The lowest BCUT2D eigenvalue weighted by Crippen LogP contribution is -2.35. The van der Waals surface area contributed by atoms with Crippen molar-refractivity contribution in [1.29, 1.82) is 0 Å². The first-order valence-electron chi connectivity index (χ1n) is 6.61. The van der Waals surface area contributed by atoms with Crippen LogP contribution in [0.15, 0.2) is 40.0 Å². The summed E-state index contributed by atoms with van der Waals surface area (Å²) in [5.41, 5.74) is 1.30. The zero-order valence-electron chi connectivity index (χ0n) is 12.8. The topological polar surface area (TPSA) is 106 Å². The molecule has 3 rings (SSSR count). The fourth-order valence-electron chi connectivity index (χ4n) is 2.19. The van der Waals surface area contributed by atoms with Gasteiger partial charge < -0.3 is 14.2 Å². The van der Waals surface area contributed by atoms with Crippen LogP contribution in [0.2, 0.25) is 0 Å². The van der Waals surface area contributed by atoms with Crippen LogP contribution in [0, 0.1) is 0 Å². The summed E-state index contributed by atoms with van der Waals surface area (Å²) in [5.74, 6) is 0.505. The van der Waals surface area contributed by atoms with E-state index < -0.39 is 10.1 Å². The highest BCUT2D eigenvalue weighted by Crippen LogP contribution is 2.29. The SMILES string of the molecule is COc1cc(OS(C)(=O)=O)ccc1C1=NC2=CCNC(=O)C2=N1.Cl. The molecule has 1 aromatic carbocycles. The first-order valence-corrected chi connectivity index (χ1v) is 8.43. The summed E-state index contributed by atoms with van der Waals surface area (Å²) < 4.78 is 32.4. The van der Waals surface area contributed by atoms with E-state index in [-0.39, 0.29) is 29.8 Å². The molecular weight excluding hydrogens is 358 g/mol. The van der Waals surface area contributed by atoms with E-state index in [9.17, 15) is 13.2 Å². The van der Waals surface area contributed by atoms with Gasteiger partial charge in [0.15, 0.2) is 11.5 Å². The second kappa shape index (κ2) is 6.62. The number of aliphatic imine (C=N–C) groups is 2. The number of hydrogen-bond acceptors (Lipinski definition) is 7. The summed E-state index contributed by atoms with van der Waals surface area (Å²) in [4.78, 5) is 20.3. The average molecular weight is 372 g/mol. The molecule has 128 valence electrons. The van der Waals surface area contributed by atoms with Crippen LogP contribution < -0.4 is 14.2 Å². The highest BCUT2D eigenvalue weighted by atomic mass is 35.5. The van der Waals surface area contributed by atoms with Crippen molar-refractivity contribution in [3.8, 4) is 11.5 Å². The number of rotatable bonds is 4. The highest BCUT2D eigenvalue weighted by molar-refractivity contribution is 7.86. The summed E-state index contributed by atoms with van der Waals surface area (Å²) >= 11 is 0. The van der Waals surface area contributed by atoms with Crippen molar-refractivity contribution in [2.45, 2.75) is 0 Å². The Morgan fingerprint density at radius 1 is 1.25 bits per heavy atom. The first-order chi connectivity index (χ1) is 10.9. The third-order valence-corrected chi connectivity index (χ3v) is 3.62. The number of carbonyl (C=O) groups excluding carboxylic acids is 1. The third kappa shape index (κ3) is 3.57. The molecular formula is C14H14ClN3O5S. The van der Waals surface area contributed by atoms with E-state index in [1.165, 1.54) is 19.2 Å². The zero-order valence-corrected chi connectivity index (χ0v) is 14.4. The predicted molar refractivity (Wildman–Crippen MR) is 90.8 cm³/mol. The molecule has 0 spiro atoms. The smallest absolute Gasteiger partial charge is 0.306 e. The molecule has 1 aromatic rings. The molecule has 2 aliphatic heterocycles. The molecule has 0 saturated heterocycles. The number of fused-ring (bicyclic) bond motifs is 1. The van der Waals surface area contributed by atoms with E-state index in [1.54, 1.807) is 12.1 Å². The molecule has 8 nitrogen and oxygen atoms in total. The van der Waals surface area contributed by atoms with Gasteiger partial charge in [0.2, 0.25) is 0 Å². The van der Waals surface area contributed by atoms with Crippen LogP contribution in [0.25, 0.3) is 0 Å². The van der Waals surface area contributed by atoms with Gasteiger partial charge in [0.25, 0.3) is 5.91 Å². The van der Waals surface area contributed by atoms with Crippen molar-refractivity contribution in [2.75, 3.05) is 19.9 Å². The summed E-state index contributed by atoms with van der Waals surface area (Å²) in [6.45, 7) is 0.405. The van der Waals surface area contributed by atoms with E-state index in [2.05, 4.69) is 15.3 Å². The van der Waals surface area contributed by atoms with Crippen LogP contribution >= 0.6 is 12.4 Å². The number of ether oxygens (including phenoxy) is 1. The van der Waals surface area contributed by atoms with Crippen molar-refractivity contribution >= 4 is 40.0 Å². The maximum Gasteiger partial charge on any atom is 0.306 e. The lowest BCUT2D eigenvalue weighted by Gasteiger charge is -2.09. The second-order valence-electron chi connectivity index (χ2n) is 4.84. The second-order valence-corrected chi connectivity index (χ2v) is 6.42. The quantitative estimate of drug-likeness (QED) is 0.783. The molecule has 0 radical (unpaired) electrons. The Morgan fingerprint density at radius 3 is 2.62 bits per heavy atom. The van der Waals surface area contributed by atoms with Gasteiger partial charge in [-0.2, -0.15) is 8.42 Å². The van der Waals surface area contributed by atoms with Gasteiger partial charge in [-0.25, -0.2) is 9.98 Å². The third-order valence-electron chi connectivity index (χ3n) is 3.12. The van der Waals surface area contributed by atoms with Gasteiger partial charge in [-0.1, -0.05) is 0 Å². The van der Waals surface area contributed by atoms with Crippen molar-refractivity contribution in [1.82, 2.24) is 5.32 Å². The number of amidine groups is 1. The molecule has 24 heavy (non-hydrogen) atoms. The number of nitrogens with zero attached hydrogens (tertiary/aromatic N) is 2. The molecule has 10 heteroatoms. The normalized spacial score (nSPS) is 16.1. The van der Waals surface area contributed by atoms with Crippen LogP contribution in [-0.4, -0.2) is 45.8 Å². The maximum absolute atomic E-state index is 11.7. The molecule has 0 unspecified atom stereocenters. The number of nitrogens with one attached hydrogen (secondary N) is 1. The van der Waals surface area contributed by atoms with E-state index in [0.29, 0.717) is 29.4 Å². The largest absolute Gasteiger partial charge is 0.496 e. The van der Waals surface area contributed by atoms with Crippen molar-refractivity contribution < 1.29 is 22.1 Å². The Kier molecular flexibility index (Phi) is 4.95. The van der Waals surface area contributed by atoms with Gasteiger partial charge in [-0.15, -0.1) is 12.4 Å². The minimum atomic E-state index is -3.63. The molecule has 0 aromatic heterocycles.